The molecule has 0 aliphatic carbocycles. The van der Waals surface area contributed by atoms with Crippen LogP contribution in [0.15, 0.2) is 10.5 Å². The lowest BCUT2D eigenvalue weighted by molar-refractivity contribution is -0.142. The van der Waals surface area contributed by atoms with Crippen molar-refractivity contribution < 1.29 is 23.8 Å². The molecule has 1 amide bonds. The zero-order valence-electron chi connectivity index (χ0n) is 10.2. The number of amides is 1. The smallest absolute Gasteiger partial charge is 0.311 e. The molecule has 0 spiro atoms. The van der Waals surface area contributed by atoms with Crippen molar-refractivity contribution in [3.8, 4) is 0 Å². The molecule has 1 aliphatic rings. The number of hydrogen-bond acceptors (Lipinski definition) is 4. The summed E-state index contributed by atoms with van der Waals surface area (Å²) >= 11 is 0. The van der Waals surface area contributed by atoms with E-state index >= 15 is 0 Å². The van der Waals surface area contributed by atoms with E-state index in [4.69, 9.17) is 14.3 Å². The molecule has 18 heavy (non-hydrogen) atoms. The quantitative estimate of drug-likeness (QED) is 0.828. The number of carbonyl (C=O) groups excluding carboxylic acids is 1. The number of carboxylic acids is 1. The first-order valence-corrected chi connectivity index (χ1v) is 5.67. The summed E-state index contributed by atoms with van der Waals surface area (Å²) < 4.78 is 10.4. The Balaban J connectivity index is 2.07. The number of aryl methyl sites for hydroxylation is 2. The Morgan fingerprint density at radius 3 is 2.67 bits per heavy atom. The summed E-state index contributed by atoms with van der Waals surface area (Å²) in [6, 6.07) is 1.14. The highest BCUT2D eigenvalue weighted by Gasteiger charge is 2.35. The van der Waals surface area contributed by atoms with Crippen LogP contribution in [0, 0.1) is 19.8 Å². The minimum Gasteiger partial charge on any atom is -0.481 e. The van der Waals surface area contributed by atoms with Crippen molar-refractivity contribution in [2.24, 2.45) is 5.92 Å². The van der Waals surface area contributed by atoms with Crippen molar-refractivity contribution in [3.05, 3.63) is 23.2 Å². The summed E-state index contributed by atoms with van der Waals surface area (Å²) in [4.78, 5) is 22.9. The van der Waals surface area contributed by atoms with E-state index in [9.17, 15) is 9.59 Å². The lowest BCUT2D eigenvalue weighted by Crippen LogP contribution is -2.42. The van der Waals surface area contributed by atoms with E-state index in [0.29, 0.717) is 17.1 Å². The lowest BCUT2D eigenvalue weighted by atomic mass is 10.0. The number of hydrogen-bond donors (Lipinski definition) is 2. The molecule has 2 unspecified atom stereocenters. The molecule has 1 aromatic heterocycles. The molecule has 1 saturated heterocycles. The second-order valence-corrected chi connectivity index (χ2v) is 4.39. The van der Waals surface area contributed by atoms with Crippen LogP contribution >= 0.6 is 0 Å². The first kappa shape index (κ1) is 12.6. The maximum atomic E-state index is 12.0. The topological polar surface area (TPSA) is 88.8 Å². The van der Waals surface area contributed by atoms with Gasteiger partial charge in [0.05, 0.1) is 24.8 Å². The van der Waals surface area contributed by atoms with E-state index in [0.717, 1.165) is 0 Å². The summed E-state index contributed by atoms with van der Waals surface area (Å²) in [7, 11) is 0. The van der Waals surface area contributed by atoms with E-state index in [1.54, 1.807) is 19.9 Å². The summed E-state index contributed by atoms with van der Waals surface area (Å²) in [5, 5.41) is 11.7. The minimum atomic E-state index is -0.960. The number of ether oxygens (including phenoxy) is 1. The van der Waals surface area contributed by atoms with Gasteiger partial charge < -0.3 is 19.6 Å². The number of carbonyl (C=O) groups is 2. The average Bonchev–Trinajstić information content (AvgIpc) is 2.85. The molecular formula is C12H15NO5. The van der Waals surface area contributed by atoms with Crippen molar-refractivity contribution in [2.75, 3.05) is 13.2 Å². The fourth-order valence-electron chi connectivity index (χ4n) is 2.04. The van der Waals surface area contributed by atoms with Gasteiger partial charge in [-0.15, -0.1) is 0 Å². The van der Waals surface area contributed by atoms with Gasteiger partial charge in [0.1, 0.15) is 17.4 Å². The van der Waals surface area contributed by atoms with Crippen LogP contribution in [0.3, 0.4) is 0 Å². The van der Waals surface area contributed by atoms with Crippen LogP contribution in [0.1, 0.15) is 21.9 Å². The van der Waals surface area contributed by atoms with E-state index in [1.807, 2.05) is 0 Å². The zero-order chi connectivity index (χ0) is 13.3. The molecule has 1 aromatic rings. The Hall–Kier alpha value is -1.82. The molecule has 6 heteroatoms. The van der Waals surface area contributed by atoms with Gasteiger partial charge in [-0.3, -0.25) is 9.59 Å². The zero-order valence-corrected chi connectivity index (χ0v) is 10.2. The molecule has 1 fully saturated rings. The highest BCUT2D eigenvalue weighted by atomic mass is 16.5. The van der Waals surface area contributed by atoms with Crippen LogP contribution in [0.25, 0.3) is 0 Å². The molecule has 1 aliphatic heterocycles. The Morgan fingerprint density at radius 1 is 1.39 bits per heavy atom. The molecule has 2 heterocycles. The van der Waals surface area contributed by atoms with Crippen molar-refractivity contribution in [1.82, 2.24) is 5.32 Å². The number of rotatable bonds is 3. The van der Waals surface area contributed by atoms with Crippen LogP contribution in [0.4, 0.5) is 0 Å². The third kappa shape index (κ3) is 2.38. The van der Waals surface area contributed by atoms with Gasteiger partial charge in [0.2, 0.25) is 0 Å². The summed E-state index contributed by atoms with van der Waals surface area (Å²) in [6.45, 7) is 3.80. The van der Waals surface area contributed by atoms with Crippen LogP contribution in [0.5, 0.6) is 0 Å². The van der Waals surface area contributed by atoms with E-state index in [-0.39, 0.29) is 19.1 Å². The summed E-state index contributed by atoms with van der Waals surface area (Å²) in [6.07, 6.45) is 0. The number of aliphatic carboxylic acids is 1. The third-order valence-electron chi connectivity index (χ3n) is 3.00. The van der Waals surface area contributed by atoms with Crippen LogP contribution in [0.2, 0.25) is 0 Å². The van der Waals surface area contributed by atoms with Gasteiger partial charge in [0, 0.05) is 0 Å². The second-order valence-electron chi connectivity index (χ2n) is 4.39. The Labute approximate surface area is 104 Å². The highest BCUT2D eigenvalue weighted by Crippen LogP contribution is 2.17. The Morgan fingerprint density at radius 2 is 2.11 bits per heavy atom. The number of carboxylic acid groups (broad SMARTS) is 1. The fraction of sp³-hybridized carbons (Fsp3) is 0.500. The highest BCUT2D eigenvalue weighted by molar-refractivity contribution is 5.95. The Bertz CT molecular complexity index is 479. The molecular weight excluding hydrogens is 238 g/mol. The lowest BCUT2D eigenvalue weighted by Gasteiger charge is -2.15. The molecule has 0 aromatic carbocycles. The van der Waals surface area contributed by atoms with Gasteiger partial charge in [-0.1, -0.05) is 0 Å². The van der Waals surface area contributed by atoms with Crippen LogP contribution in [-0.4, -0.2) is 36.2 Å². The number of nitrogens with one attached hydrogen (secondary N) is 1. The van der Waals surface area contributed by atoms with Gasteiger partial charge in [-0.25, -0.2) is 0 Å². The fourth-order valence-corrected chi connectivity index (χ4v) is 2.04. The van der Waals surface area contributed by atoms with Crippen molar-refractivity contribution in [3.63, 3.8) is 0 Å². The summed E-state index contributed by atoms with van der Waals surface area (Å²) in [5.74, 6) is -0.808. The van der Waals surface area contributed by atoms with Gasteiger partial charge in [-0.2, -0.15) is 0 Å². The monoisotopic (exact) mass is 253 g/mol. The molecule has 0 saturated carbocycles. The van der Waals surface area contributed by atoms with Gasteiger partial charge >= 0.3 is 5.97 Å². The Kier molecular flexibility index (Phi) is 3.38. The number of furan rings is 1. The van der Waals surface area contributed by atoms with E-state index in [1.165, 1.54) is 0 Å². The van der Waals surface area contributed by atoms with Gasteiger partial charge in [-0.05, 0) is 19.9 Å². The maximum absolute atomic E-state index is 12.0. The van der Waals surface area contributed by atoms with E-state index in [2.05, 4.69) is 5.32 Å². The third-order valence-corrected chi connectivity index (χ3v) is 3.00. The van der Waals surface area contributed by atoms with Crippen LogP contribution in [-0.2, 0) is 9.53 Å². The maximum Gasteiger partial charge on any atom is 0.311 e. The second kappa shape index (κ2) is 4.81. The predicted octanol–water partition coefficient (Wildman–Crippen LogP) is 0.726. The largest absolute Gasteiger partial charge is 0.481 e. The first-order chi connectivity index (χ1) is 8.49. The standard InChI is InChI=1S/C12H15NO5/c1-6-3-8(7(2)18-6)11(14)13-10-5-17-4-9(10)12(15)16/h3,9-10H,4-5H2,1-2H3,(H,13,14)(H,15,16). The molecule has 2 N–H and O–H groups in total. The molecule has 0 bridgehead atoms. The average molecular weight is 253 g/mol. The predicted molar refractivity (Wildman–Crippen MR) is 61.4 cm³/mol. The molecule has 0 radical (unpaired) electrons. The van der Waals surface area contributed by atoms with Gasteiger partial charge in [0.15, 0.2) is 0 Å². The van der Waals surface area contributed by atoms with Crippen molar-refractivity contribution in [2.45, 2.75) is 19.9 Å². The van der Waals surface area contributed by atoms with Crippen LogP contribution < -0.4 is 5.32 Å². The first-order valence-electron chi connectivity index (χ1n) is 5.67. The van der Waals surface area contributed by atoms with Crippen molar-refractivity contribution >= 4 is 11.9 Å². The minimum absolute atomic E-state index is 0.129. The molecule has 6 nitrogen and oxygen atoms in total. The normalized spacial score (nSPS) is 23.0. The molecule has 2 atom stereocenters. The molecule has 98 valence electrons. The SMILES string of the molecule is Cc1cc(C(=O)NC2COCC2C(=O)O)c(C)o1. The van der Waals surface area contributed by atoms with Gasteiger partial charge in [0.25, 0.3) is 5.91 Å². The molecule has 2 rings (SSSR count). The van der Waals surface area contributed by atoms with Crippen molar-refractivity contribution in [1.29, 1.82) is 0 Å². The summed E-state index contributed by atoms with van der Waals surface area (Å²) in [5.41, 5.74) is 0.434. The van der Waals surface area contributed by atoms with E-state index < -0.39 is 17.9 Å².